The number of rotatable bonds is 5. The third-order valence-electron chi connectivity index (χ3n) is 11.0. The number of fused-ring (bicyclic) bond motifs is 6. The highest BCUT2D eigenvalue weighted by Crippen LogP contribution is 2.49. The minimum Gasteiger partial charge on any atom is -0.298 e. The van der Waals surface area contributed by atoms with E-state index < -0.39 is 0 Å². The first kappa shape index (κ1) is 32.5. The Morgan fingerprint density at radius 1 is 0.455 bits per heavy atom. The van der Waals surface area contributed by atoms with Crippen LogP contribution < -0.4 is 0 Å². The van der Waals surface area contributed by atoms with Gasteiger partial charge in [-0.05, 0) is 51.6 Å². The second-order valence-corrected chi connectivity index (χ2v) is 14.6. The highest BCUT2D eigenvalue weighted by atomic mass is 15.0. The number of benzene rings is 6. The molecule has 0 saturated heterocycles. The molecule has 0 bridgehead atoms. The molecule has 0 atom stereocenters. The summed E-state index contributed by atoms with van der Waals surface area (Å²) in [5, 5.41) is 19.6. The van der Waals surface area contributed by atoms with E-state index in [1.165, 1.54) is 22.3 Å². The van der Waals surface area contributed by atoms with E-state index in [1.54, 1.807) is 0 Å². The third-order valence-corrected chi connectivity index (χ3v) is 11.0. The summed E-state index contributed by atoms with van der Waals surface area (Å²) in [5.74, 6) is 1.32. The van der Waals surface area contributed by atoms with E-state index in [-0.39, 0.29) is 16.8 Å². The van der Waals surface area contributed by atoms with Crippen LogP contribution in [0.5, 0.6) is 0 Å². The van der Waals surface area contributed by atoms with Gasteiger partial charge in [0.25, 0.3) is 0 Å². The molecule has 55 heavy (non-hydrogen) atoms. The van der Waals surface area contributed by atoms with Crippen LogP contribution in [0.2, 0.25) is 0 Å². The first-order valence-electron chi connectivity index (χ1n) is 18.4. The van der Waals surface area contributed by atoms with E-state index in [4.69, 9.17) is 19.9 Å². The lowest BCUT2D eigenvalue weighted by atomic mass is 9.81. The quantitative estimate of drug-likeness (QED) is 0.186. The molecule has 2 aliphatic rings. The Hall–Kier alpha value is -7.18. The molecule has 260 valence electrons. The maximum absolute atomic E-state index is 9.38. The number of pyridine rings is 1. The summed E-state index contributed by atoms with van der Waals surface area (Å²) in [6.45, 7) is 4.60. The number of hydrogen-bond acceptors (Lipinski definition) is 6. The molecule has 6 aromatic carbocycles. The van der Waals surface area contributed by atoms with Gasteiger partial charge in [-0.1, -0.05) is 153 Å². The molecule has 0 radical (unpaired) electrons. The van der Waals surface area contributed by atoms with Gasteiger partial charge in [0.2, 0.25) is 0 Å². The number of nitrogens with one attached hydrogen (secondary N) is 2. The van der Waals surface area contributed by atoms with Gasteiger partial charge in [-0.2, -0.15) is 0 Å². The molecule has 6 heteroatoms. The molecule has 2 N–H and O–H groups in total. The average Bonchev–Trinajstić information content (AvgIpc) is 3.47. The Labute approximate surface area is 319 Å². The number of aromatic nitrogens is 4. The van der Waals surface area contributed by atoms with Crippen LogP contribution in [-0.2, 0) is 5.41 Å². The van der Waals surface area contributed by atoms with E-state index in [2.05, 4.69) is 80.6 Å². The van der Waals surface area contributed by atoms with Crippen molar-refractivity contribution in [3.8, 4) is 56.3 Å². The van der Waals surface area contributed by atoms with E-state index in [9.17, 15) is 10.8 Å². The van der Waals surface area contributed by atoms with Crippen molar-refractivity contribution in [3.05, 3.63) is 180 Å². The van der Waals surface area contributed by atoms with E-state index in [0.29, 0.717) is 28.6 Å². The minimum absolute atomic E-state index is 0.0519. The summed E-state index contributed by atoms with van der Waals surface area (Å²) >= 11 is 0. The zero-order valence-electron chi connectivity index (χ0n) is 30.3. The van der Waals surface area contributed by atoms with Crippen LogP contribution in [-0.4, -0.2) is 31.4 Å². The number of nitrogens with zero attached hydrogens (tertiary/aromatic N) is 4. The number of para-hydroxylation sites is 1. The molecule has 2 aromatic heterocycles. The van der Waals surface area contributed by atoms with Crippen LogP contribution in [0, 0.1) is 10.8 Å². The predicted octanol–water partition coefficient (Wildman–Crippen LogP) is 11.3. The van der Waals surface area contributed by atoms with Crippen molar-refractivity contribution in [2.24, 2.45) is 0 Å². The van der Waals surface area contributed by atoms with Gasteiger partial charge in [0.15, 0.2) is 17.5 Å². The molecule has 0 aliphatic heterocycles. The number of hydrogen-bond donors (Lipinski definition) is 2. The molecule has 2 heterocycles. The standard InChI is InChI=1S/C49H34N6/c1-49(2)39-19-11-9-17-34(39)35-26-25-33(27-40(35)49)29-21-23-32(24-22-29)47-53-46(31-15-7-4-8-16-31)54-48(55-47)38-28-37-42(44(51)43(38)50)36-18-10-12-20-41(36)52-45(37)30-13-5-3-6-14-30/h3-28,50-51H,1-2H3. The summed E-state index contributed by atoms with van der Waals surface area (Å²) in [6.07, 6.45) is 1.93. The molecule has 0 spiro atoms. The van der Waals surface area contributed by atoms with Crippen molar-refractivity contribution >= 4 is 34.0 Å². The predicted molar refractivity (Wildman–Crippen MR) is 223 cm³/mol. The second-order valence-electron chi connectivity index (χ2n) is 14.6. The summed E-state index contributed by atoms with van der Waals surface area (Å²) < 4.78 is 0. The lowest BCUT2D eigenvalue weighted by molar-refractivity contribution is 0.660. The van der Waals surface area contributed by atoms with Gasteiger partial charge in [0, 0.05) is 44.2 Å². The first-order chi connectivity index (χ1) is 26.8. The molecule has 0 amide bonds. The van der Waals surface area contributed by atoms with Crippen molar-refractivity contribution in [3.63, 3.8) is 0 Å². The molecule has 6 nitrogen and oxygen atoms in total. The molecule has 2 aliphatic carbocycles. The van der Waals surface area contributed by atoms with Gasteiger partial charge in [-0.15, -0.1) is 0 Å². The summed E-state index contributed by atoms with van der Waals surface area (Å²) in [7, 11) is 0. The minimum atomic E-state index is -0.0829. The summed E-state index contributed by atoms with van der Waals surface area (Å²) in [6, 6.07) is 51.5. The van der Waals surface area contributed by atoms with Crippen LogP contribution in [0.4, 0.5) is 0 Å². The van der Waals surface area contributed by atoms with Crippen molar-refractivity contribution in [2.45, 2.75) is 19.3 Å². The first-order valence-corrected chi connectivity index (χ1v) is 18.4. The molecule has 8 aromatic rings. The fourth-order valence-electron chi connectivity index (χ4n) is 8.14. The largest absolute Gasteiger partial charge is 0.298 e. The van der Waals surface area contributed by atoms with E-state index >= 15 is 0 Å². The van der Waals surface area contributed by atoms with Crippen LogP contribution >= 0.6 is 0 Å². The monoisotopic (exact) mass is 706 g/mol. The molecule has 0 saturated carbocycles. The Morgan fingerprint density at radius 2 is 1.02 bits per heavy atom. The van der Waals surface area contributed by atoms with Crippen molar-refractivity contribution in [1.29, 1.82) is 10.8 Å². The second kappa shape index (κ2) is 12.5. The van der Waals surface area contributed by atoms with Gasteiger partial charge < -0.3 is 0 Å². The molecular formula is C49H34N6. The lowest BCUT2D eigenvalue weighted by Gasteiger charge is -2.22. The van der Waals surface area contributed by atoms with Gasteiger partial charge in [0.05, 0.1) is 22.6 Å². The van der Waals surface area contributed by atoms with Crippen LogP contribution in [0.15, 0.2) is 152 Å². The Balaban J connectivity index is 1.10. The zero-order chi connectivity index (χ0) is 37.3. The molecule has 0 unspecified atom stereocenters. The normalized spacial score (nSPS) is 14.0. The smallest absolute Gasteiger partial charge is 0.166 e. The SMILES string of the molecule is CC1(C)c2ccccc2-c2ccc(-c3ccc(-c4nc(C5=Cc6c(-c7ccccc7)nc7ccccc7c6C(=N)C5=N)nc(-c5ccccc5)n4)cc3)cc21. The third kappa shape index (κ3) is 5.25. The topological polar surface area (TPSA) is 99.3 Å². The van der Waals surface area contributed by atoms with Crippen molar-refractivity contribution in [1.82, 2.24) is 19.9 Å². The van der Waals surface area contributed by atoms with E-state index in [1.807, 2.05) is 91.0 Å². The fourth-order valence-corrected chi connectivity index (χ4v) is 8.14. The summed E-state index contributed by atoms with van der Waals surface area (Å²) in [4.78, 5) is 20.0. The zero-order valence-corrected chi connectivity index (χ0v) is 30.3. The van der Waals surface area contributed by atoms with Crippen LogP contribution in [0.25, 0.3) is 78.8 Å². The van der Waals surface area contributed by atoms with Crippen molar-refractivity contribution < 1.29 is 0 Å². The van der Waals surface area contributed by atoms with Crippen molar-refractivity contribution in [2.75, 3.05) is 0 Å². The molecule has 10 rings (SSSR count). The van der Waals surface area contributed by atoms with Gasteiger partial charge in [-0.25, -0.2) is 19.9 Å². The number of allylic oxidation sites excluding steroid dienone is 1. The summed E-state index contributed by atoms with van der Waals surface area (Å²) in [5.41, 5.74) is 13.7. The van der Waals surface area contributed by atoms with E-state index in [0.717, 1.165) is 50.0 Å². The van der Waals surface area contributed by atoms with Gasteiger partial charge in [0.1, 0.15) is 0 Å². The Kier molecular flexibility index (Phi) is 7.36. The Bertz CT molecular complexity index is 2910. The maximum Gasteiger partial charge on any atom is 0.166 e. The average molecular weight is 707 g/mol. The fraction of sp³-hybridized carbons (Fsp3) is 0.0612. The molecular weight excluding hydrogens is 673 g/mol. The van der Waals surface area contributed by atoms with Crippen LogP contribution in [0.1, 0.15) is 41.9 Å². The highest BCUT2D eigenvalue weighted by molar-refractivity contribution is 6.64. The maximum atomic E-state index is 9.38. The highest BCUT2D eigenvalue weighted by Gasteiger charge is 2.35. The lowest BCUT2D eigenvalue weighted by Crippen LogP contribution is -2.23. The van der Waals surface area contributed by atoms with Gasteiger partial charge >= 0.3 is 0 Å². The Morgan fingerprint density at radius 3 is 1.76 bits per heavy atom. The molecule has 0 fully saturated rings. The van der Waals surface area contributed by atoms with Gasteiger partial charge in [-0.3, -0.25) is 10.8 Å². The van der Waals surface area contributed by atoms with Crippen LogP contribution in [0.3, 0.4) is 0 Å².